The molecule has 136 valence electrons. The smallest absolute Gasteiger partial charge is 0.251 e. The molecule has 0 aromatic heterocycles. The Morgan fingerprint density at radius 1 is 1.15 bits per heavy atom. The van der Waals surface area contributed by atoms with E-state index in [0.29, 0.717) is 21.4 Å². The van der Waals surface area contributed by atoms with Gasteiger partial charge in [-0.25, -0.2) is 5.43 Å². The molecule has 0 fully saturated rings. The molecule has 0 saturated heterocycles. The molecule has 0 radical (unpaired) electrons. The summed E-state index contributed by atoms with van der Waals surface area (Å²) in [4.78, 5) is 23.7. The normalized spacial score (nSPS) is 10.6. The van der Waals surface area contributed by atoms with E-state index in [2.05, 4.69) is 15.8 Å². The lowest BCUT2D eigenvalue weighted by Crippen LogP contribution is -2.29. The molecule has 0 heterocycles. The average molecular weight is 394 g/mol. The van der Waals surface area contributed by atoms with Gasteiger partial charge in [-0.3, -0.25) is 9.59 Å². The van der Waals surface area contributed by atoms with Crippen LogP contribution in [0.1, 0.15) is 22.3 Å². The third-order valence-corrected chi connectivity index (χ3v) is 4.09. The standard InChI is InChI=1S/C18H17Cl2N3O3/c1-26-16-5-3-2-4-13(16)11-22-23-17(24)8-9-21-18(25)12-6-7-14(19)15(20)10-12/h2-7,10-11H,8-9H2,1H3,(H,21,25)(H,23,24). The Labute approximate surface area is 161 Å². The van der Waals surface area contributed by atoms with Crippen molar-refractivity contribution in [2.45, 2.75) is 6.42 Å². The molecule has 26 heavy (non-hydrogen) atoms. The van der Waals surface area contributed by atoms with Gasteiger partial charge in [0.15, 0.2) is 0 Å². The molecule has 6 nitrogen and oxygen atoms in total. The second-order valence-corrected chi connectivity index (χ2v) is 5.98. The molecule has 2 rings (SSSR count). The summed E-state index contributed by atoms with van der Waals surface area (Å²) in [5, 5.41) is 7.17. The van der Waals surface area contributed by atoms with Gasteiger partial charge < -0.3 is 10.1 Å². The van der Waals surface area contributed by atoms with Crippen molar-refractivity contribution in [1.82, 2.24) is 10.7 Å². The summed E-state index contributed by atoms with van der Waals surface area (Å²) in [5.41, 5.74) is 3.51. The number of carbonyl (C=O) groups is 2. The van der Waals surface area contributed by atoms with E-state index in [1.165, 1.54) is 18.3 Å². The summed E-state index contributed by atoms with van der Waals surface area (Å²) in [6.45, 7) is 0.162. The van der Waals surface area contributed by atoms with Crippen molar-refractivity contribution in [3.63, 3.8) is 0 Å². The Kier molecular flexibility index (Phi) is 7.44. The molecule has 2 N–H and O–H groups in total. The van der Waals surface area contributed by atoms with Crippen LogP contribution in [0.15, 0.2) is 47.6 Å². The predicted octanol–water partition coefficient (Wildman–Crippen LogP) is 3.27. The quantitative estimate of drug-likeness (QED) is 0.559. The highest BCUT2D eigenvalue weighted by Crippen LogP contribution is 2.22. The lowest BCUT2D eigenvalue weighted by atomic mass is 10.2. The number of hydrogen-bond acceptors (Lipinski definition) is 4. The minimum atomic E-state index is -0.339. The number of hydrazone groups is 1. The number of halogens is 2. The highest BCUT2D eigenvalue weighted by atomic mass is 35.5. The molecule has 8 heteroatoms. The molecular formula is C18H17Cl2N3O3. The minimum Gasteiger partial charge on any atom is -0.496 e. The van der Waals surface area contributed by atoms with Crippen molar-refractivity contribution < 1.29 is 14.3 Å². The maximum Gasteiger partial charge on any atom is 0.251 e. The van der Waals surface area contributed by atoms with Crippen LogP contribution in [0, 0.1) is 0 Å². The van der Waals surface area contributed by atoms with Gasteiger partial charge in [-0.15, -0.1) is 0 Å². The van der Waals surface area contributed by atoms with Crippen molar-refractivity contribution in [2.75, 3.05) is 13.7 Å². The van der Waals surface area contributed by atoms with E-state index < -0.39 is 0 Å². The zero-order chi connectivity index (χ0) is 18.9. The van der Waals surface area contributed by atoms with Crippen molar-refractivity contribution in [2.24, 2.45) is 5.10 Å². The molecule has 0 aliphatic heterocycles. The fourth-order valence-electron chi connectivity index (χ4n) is 2.03. The van der Waals surface area contributed by atoms with Gasteiger partial charge in [-0.05, 0) is 30.3 Å². The summed E-state index contributed by atoms with van der Waals surface area (Å²) in [5.74, 6) is -0.0149. The third-order valence-electron chi connectivity index (χ3n) is 3.35. The molecule has 0 saturated carbocycles. The number of para-hydroxylation sites is 1. The zero-order valence-corrected chi connectivity index (χ0v) is 15.5. The van der Waals surface area contributed by atoms with E-state index in [4.69, 9.17) is 27.9 Å². The first-order chi connectivity index (χ1) is 12.5. The lowest BCUT2D eigenvalue weighted by Gasteiger charge is -2.06. The third kappa shape index (κ3) is 5.75. The molecule has 0 spiro atoms. The Morgan fingerprint density at radius 3 is 2.65 bits per heavy atom. The average Bonchev–Trinajstić information content (AvgIpc) is 2.64. The van der Waals surface area contributed by atoms with Gasteiger partial charge in [0.05, 0.1) is 23.4 Å². The fraction of sp³-hybridized carbons (Fsp3) is 0.167. The summed E-state index contributed by atoms with van der Waals surface area (Å²) in [6.07, 6.45) is 1.57. The van der Waals surface area contributed by atoms with Crippen LogP contribution in [0.4, 0.5) is 0 Å². The number of benzene rings is 2. The van der Waals surface area contributed by atoms with Crippen LogP contribution in [-0.4, -0.2) is 31.7 Å². The summed E-state index contributed by atoms with van der Waals surface area (Å²) < 4.78 is 5.18. The van der Waals surface area contributed by atoms with Crippen molar-refractivity contribution in [3.05, 3.63) is 63.6 Å². The number of hydrogen-bond donors (Lipinski definition) is 2. The number of rotatable bonds is 7. The summed E-state index contributed by atoms with van der Waals surface area (Å²) in [6, 6.07) is 11.8. The minimum absolute atomic E-state index is 0.0797. The zero-order valence-electron chi connectivity index (χ0n) is 14.0. The van der Waals surface area contributed by atoms with Gasteiger partial charge in [-0.1, -0.05) is 35.3 Å². The van der Waals surface area contributed by atoms with Crippen LogP contribution in [0.3, 0.4) is 0 Å². The van der Waals surface area contributed by atoms with E-state index in [9.17, 15) is 9.59 Å². The second kappa shape index (κ2) is 9.79. The molecule has 0 aliphatic carbocycles. The topological polar surface area (TPSA) is 79.8 Å². The molecule has 0 aliphatic rings. The van der Waals surface area contributed by atoms with E-state index in [0.717, 1.165) is 5.56 Å². The number of nitrogens with one attached hydrogen (secondary N) is 2. The first-order valence-corrected chi connectivity index (χ1v) is 8.45. The fourth-order valence-corrected chi connectivity index (χ4v) is 2.33. The van der Waals surface area contributed by atoms with E-state index in [-0.39, 0.29) is 24.8 Å². The van der Waals surface area contributed by atoms with Gasteiger partial charge in [0, 0.05) is 24.1 Å². The molecule has 2 aromatic rings. The molecular weight excluding hydrogens is 377 g/mol. The Hall–Kier alpha value is -2.57. The molecule has 2 aromatic carbocycles. The number of carbonyl (C=O) groups excluding carboxylic acids is 2. The van der Waals surface area contributed by atoms with Gasteiger partial charge in [0.1, 0.15) is 5.75 Å². The first kappa shape index (κ1) is 19.8. The highest BCUT2D eigenvalue weighted by Gasteiger charge is 2.08. The van der Waals surface area contributed by atoms with Crippen molar-refractivity contribution in [1.29, 1.82) is 0 Å². The van der Waals surface area contributed by atoms with Gasteiger partial charge in [0.2, 0.25) is 5.91 Å². The van der Waals surface area contributed by atoms with Gasteiger partial charge in [-0.2, -0.15) is 5.10 Å². The summed E-state index contributed by atoms with van der Waals surface area (Å²) in [7, 11) is 1.56. The van der Waals surface area contributed by atoms with Gasteiger partial charge >= 0.3 is 0 Å². The number of amides is 2. The van der Waals surface area contributed by atoms with Crippen LogP contribution in [-0.2, 0) is 4.79 Å². The first-order valence-electron chi connectivity index (χ1n) is 7.69. The van der Waals surface area contributed by atoms with Crippen LogP contribution in [0.25, 0.3) is 0 Å². The Bertz CT molecular complexity index is 825. The summed E-state index contributed by atoms with van der Waals surface area (Å²) >= 11 is 11.7. The second-order valence-electron chi connectivity index (χ2n) is 5.17. The van der Waals surface area contributed by atoms with E-state index >= 15 is 0 Å². The number of methoxy groups -OCH3 is 1. The maximum absolute atomic E-state index is 12.0. The molecule has 0 atom stereocenters. The van der Waals surface area contributed by atoms with Crippen LogP contribution >= 0.6 is 23.2 Å². The van der Waals surface area contributed by atoms with Crippen LogP contribution in [0.5, 0.6) is 5.75 Å². The van der Waals surface area contributed by atoms with Crippen LogP contribution < -0.4 is 15.5 Å². The maximum atomic E-state index is 12.0. The SMILES string of the molecule is COc1ccccc1C=NNC(=O)CCNC(=O)c1ccc(Cl)c(Cl)c1. The number of ether oxygens (including phenoxy) is 1. The monoisotopic (exact) mass is 393 g/mol. The molecule has 2 amide bonds. The van der Waals surface area contributed by atoms with E-state index in [1.54, 1.807) is 19.2 Å². The predicted molar refractivity (Wildman–Crippen MR) is 102 cm³/mol. The number of nitrogens with zero attached hydrogens (tertiary/aromatic N) is 1. The van der Waals surface area contributed by atoms with Gasteiger partial charge in [0.25, 0.3) is 5.91 Å². The van der Waals surface area contributed by atoms with E-state index in [1.807, 2.05) is 18.2 Å². The van der Waals surface area contributed by atoms with Crippen molar-refractivity contribution >= 4 is 41.2 Å². The Morgan fingerprint density at radius 2 is 1.92 bits per heavy atom. The Balaban J connectivity index is 1.77. The lowest BCUT2D eigenvalue weighted by molar-refractivity contribution is -0.120. The molecule has 0 unspecified atom stereocenters. The largest absolute Gasteiger partial charge is 0.496 e. The molecule has 0 bridgehead atoms. The van der Waals surface area contributed by atoms with Crippen LogP contribution in [0.2, 0.25) is 10.0 Å². The van der Waals surface area contributed by atoms with Crippen molar-refractivity contribution in [3.8, 4) is 5.75 Å². The highest BCUT2D eigenvalue weighted by molar-refractivity contribution is 6.42.